The standard InChI is InChI=1S/C19H37N2O/c1-3-5-6-7-8-9-10-11-12-13-14-19-20-15-16-21(19,4-2)17-18-22/h12-13,15-16,19-20,22H,3-11,14,17-18H2,1-2H3/q+1/b13-12+. The van der Waals surface area contributed by atoms with Crippen LogP contribution in [0.25, 0.3) is 0 Å². The third-order valence-corrected chi connectivity index (χ3v) is 4.89. The number of likely N-dealkylation sites (N-methyl/N-ethyl adjacent to an activating group) is 1. The highest BCUT2D eigenvalue weighted by molar-refractivity contribution is 4.91. The van der Waals surface area contributed by atoms with Crippen LogP contribution in [0.4, 0.5) is 0 Å². The highest BCUT2D eigenvalue weighted by Gasteiger charge is 2.35. The molecule has 0 fully saturated rings. The molecule has 2 unspecified atom stereocenters. The van der Waals surface area contributed by atoms with Crippen molar-refractivity contribution in [1.29, 1.82) is 0 Å². The van der Waals surface area contributed by atoms with Crippen LogP contribution in [-0.2, 0) is 0 Å². The van der Waals surface area contributed by atoms with Crippen molar-refractivity contribution >= 4 is 0 Å². The molecule has 128 valence electrons. The smallest absolute Gasteiger partial charge is 0.169 e. The van der Waals surface area contributed by atoms with Crippen molar-refractivity contribution in [2.24, 2.45) is 0 Å². The second-order valence-corrected chi connectivity index (χ2v) is 6.48. The first kappa shape index (κ1) is 19.2. The first-order valence-corrected chi connectivity index (χ1v) is 9.35. The SMILES string of the molecule is CCCCCCCCC/C=C/CC1NC=C[N+]1(CC)CCO. The van der Waals surface area contributed by atoms with Gasteiger partial charge >= 0.3 is 0 Å². The number of quaternary nitrogens is 1. The van der Waals surface area contributed by atoms with Crippen molar-refractivity contribution in [3.05, 3.63) is 24.6 Å². The van der Waals surface area contributed by atoms with E-state index in [2.05, 4.69) is 37.5 Å². The summed E-state index contributed by atoms with van der Waals surface area (Å²) in [6.45, 7) is 6.54. The summed E-state index contributed by atoms with van der Waals surface area (Å²) in [6.07, 6.45) is 21.2. The Morgan fingerprint density at radius 1 is 1.05 bits per heavy atom. The molecule has 3 nitrogen and oxygen atoms in total. The number of rotatable bonds is 13. The molecule has 0 spiro atoms. The van der Waals surface area contributed by atoms with Crippen molar-refractivity contribution in [2.75, 3.05) is 19.7 Å². The molecule has 1 rings (SSSR count). The second kappa shape index (κ2) is 11.7. The van der Waals surface area contributed by atoms with Gasteiger partial charge in [-0.2, -0.15) is 0 Å². The quantitative estimate of drug-likeness (QED) is 0.302. The Bertz CT molecular complexity index is 327. The third-order valence-electron chi connectivity index (χ3n) is 4.89. The molecule has 0 aliphatic carbocycles. The molecule has 0 radical (unpaired) electrons. The Hall–Kier alpha value is -0.800. The van der Waals surface area contributed by atoms with E-state index in [-0.39, 0.29) is 6.61 Å². The lowest BCUT2D eigenvalue weighted by Gasteiger charge is -2.36. The van der Waals surface area contributed by atoms with Gasteiger partial charge in [0.1, 0.15) is 12.7 Å². The van der Waals surface area contributed by atoms with Crippen LogP contribution in [0, 0.1) is 0 Å². The maximum atomic E-state index is 9.29. The summed E-state index contributed by atoms with van der Waals surface area (Å²) in [7, 11) is 0. The monoisotopic (exact) mass is 309 g/mol. The maximum Gasteiger partial charge on any atom is 0.169 e. The number of hydrogen-bond donors (Lipinski definition) is 2. The van der Waals surface area contributed by atoms with Crippen molar-refractivity contribution in [3.63, 3.8) is 0 Å². The van der Waals surface area contributed by atoms with Crippen LogP contribution in [0.15, 0.2) is 24.6 Å². The molecule has 3 heteroatoms. The molecule has 0 aromatic rings. The van der Waals surface area contributed by atoms with Crippen LogP contribution in [0.3, 0.4) is 0 Å². The van der Waals surface area contributed by atoms with E-state index in [0.29, 0.717) is 6.17 Å². The fraction of sp³-hybridized carbons (Fsp3) is 0.789. The van der Waals surface area contributed by atoms with Gasteiger partial charge in [-0.25, -0.2) is 0 Å². The van der Waals surface area contributed by atoms with Gasteiger partial charge in [0.15, 0.2) is 6.17 Å². The number of aliphatic hydroxyl groups excluding tert-OH is 1. The molecule has 0 aromatic carbocycles. The minimum Gasteiger partial charge on any atom is -0.390 e. The van der Waals surface area contributed by atoms with Crippen molar-refractivity contribution < 1.29 is 9.59 Å². The van der Waals surface area contributed by atoms with Crippen LogP contribution in [-0.4, -0.2) is 35.5 Å². The molecule has 0 saturated carbocycles. The first-order chi connectivity index (χ1) is 10.8. The molecule has 0 saturated heterocycles. The van der Waals surface area contributed by atoms with E-state index in [1.165, 1.54) is 51.4 Å². The van der Waals surface area contributed by atoms with Gasteiger partial charge < -0.3 is 10.4 Å². The van der Waals surface area contributed by atoms with E-state index in [0.717, 1.165) is 24.0 Å². The second-order valence-electron chi connectivity index (χ2n) is 6.48. The highest BCUT2D eigenvalue weighted by atomic mass is 16.3. The van der Waals surface area contributed by atoms with Gasteiger partial charge in [-0.05, 0) is 19.8 Å². The minimum absolute atomic E-state index is 0.248. The number of unbranched alkanes of at least 4 members (excludes halogenated alkanes) is 7. The summed E-state index contributed by atoms with van der Waals surface area (Å²) in [4.78, 5) is 0. The molecule has 1 aliphatic rings. The lowest BCUT2D eigenvalue weighted by molar-refractivity contribution is -0.899. The zero-order valence-electron chi connectivity index (χ0n) is 14.8. The average Bonchev–Trinajstić information content (AvgIpc) is 2.93. The van der Waals surface area contributed by atoms with E-state index < -0.39 is 0 Å². The van der Waals surface area contributed by atoms with Gasteiger partial charge in [0.25, 0.3) is 0 Å². The van der Waals surface area contributed by atoms with E-state index in [1.54, 1.807) is 0 Å². The van der Waals surface area contributed by atoms with Gasteiger partial charge in [-0.3, -0.25) is 4.48 Å². The molecule has 0 aromatic heterocycles. The highest BCUT2D eigenvalue weighted by Crippen LogP contribution is 2.21. The Balaban J connectivity index is 2.12. The predicted molar refractivity (Wildman–Crippen MR) is 95.2 cm³/mol. The van der Waals surface area contributed by atoms with Crippen LogP contribution in [0.2, 0.25) is 0 Å². The number of nitrogens with one attached hydrogen (secondary N) is 1. The molecule has 22 heavy (non-hydrogen) atoms. The van der Waals surface area contributed by atoms with Crippen molar-refractivity contribution in [2.45, 2.75) is 77.8 Å². The van der Waals surface area contributed by atoms with Gasteiger partial charge in [0, 0.05) is 6.42 Å². The number of aliphatic hydroxyl groups is 1. The normalized spacial score (nSPS) is 24.2. The lowest BCUT2D eigenvalue weighted by atomic mass is 10.1. The molecule has 2 N–H and O–H groups in total. The lowest BCUT2D eigenvalue weighted by Crippen LogP contribution is -2.53. The number of hydrogen-bond acceptors (Lipinski definition) is 2. The Morgan fingerprint density at radius 2 is 1.77 bits per heavy atom. The first-order valence-electron chi connectivity index (χ1n) is 9.35. The predicted octanol–water partition coefficient (Wildman–Crippen LogP) is 4.30. The summed E-state index contributed by atoms with van der Waals surface area (Å²) < 4.78 is 0.859. The van der Waals surface area contributed by atoms with Crippen LogP contribution in [0.5, 0.6) is 0 Å². The van der Waals surface area contributed by atoms with Gasteiger partial charge in [-0.15, -0.1) is 0 Å². The molecule has 1 aliphatic heterocycles. The Kier molecular flexibility index (Phi) is 10.3. The van der Waals surface area contributed by atoms with Crippen molar-refractivity contribution in [3.8, 4) is 0 Å². The fourth-order valence-corrected chi connectivity index (χ4v) is 3.30. The maximum absolute atomic E-state index is 9.29. The zero-order chi connectivity index (χ0) is 16.1. The summed E-state index contributed by atoms with van der Waals surface area (Å²) in [5.41, 5.74) is 0. The van der Waals surface area contributed by atoms with E-state index in [1.807, 2.05) is 6.20 Å². The molecule has 2 atom stereocenters. The van der Waals surface area contributed by atoms with E-state index >= 15 is 0 Å². The number of nitrogens with zero attached hydrogens (tertiary/aromatic N) is 1. The Morgan fingerprint density at radius 3 is 2.45 bits per heavy atom. The summed E-state index contributed by atoms with van der Waals surface area (Å²) in [5.74, 6) is 0. The van der Waals surface area contributed by atoms with Gasteiger partial charge in [0.2, 0.25) is 0 Å². The summed E-state index contributed by atoms with van der Waals surface area (Å²) in [5, 5.41) is 12.7. The zero-order valence-corrected chi connectivity index (χ0v) is 14.8. The van der Waals surface area contributed by atoms with Crippen molar-refractivity contribution in [1.82, 2.24) is 5.32 Å². The molecule has 1 heterocycles. The van der Waals surface area contributed by atoms with Crippen LogP contribution < -0.4 is 5.32 Å². The molecular formula is C19H37N2O+. The third kappa shape index (κ3) is 6.53. The van der Waals surface area contributed by atoms with Gasteiger partial charge in [-0.1, -0.05) is 57.6 Å². The van der Waals surface area contributed by atoms with E-state index in [4.69, 9.17) is 0 Å². The molecular weight excluding hydrogens is 272 g/mol. The average molecular weight is 310 g/mol. The van der Waals surface area contributed by atoms with Crippen LogP contribution >= 0.6 is 0 Å². The van der Waals surface area contributed by atoms with Gasteiger partial charge in [0.05, 0.1) is 19.4 Å². The molecule has 0 bridgehead atoms. The van der Waals surface area contributed by atoms with E-state index in [9.17, 15) is 5.11 Å². The summed E-state index contributed by atoms with van der Waals surface area (Å²) in [6, 6.07) is 0. The fourth-order valence-electron chi connectivity index (χ4n) is 3.30. The summed E-state index contributed by atoms with van der Waals surface area (Å²) >= 11 is 0. The Labute approximate surface area is 137 Å². The largest absolute Gasteiger partial charge is 0.390 e. The van der Waals surface area contributed by atoms with Crippen LogP contribution in [0.1, 0.15) is 71.6 Å². The minimum atomic E-state index is 0.248. The number of allylic oxidation sites excluding steroid dienone is 1. The topological polar surface area (TPSA) is 32.3 Å². The molecule has 0 amide bonds.